The van der Waals surface area contributed by atoms with Gasteiger partial charge < -0.3 is 10.0 Å². The number of pyridine rings is 1. The van der Waals surface area contributed by atoms with E-state index in [9.17, 15) is 9.90 Å². The number of benzene rings is 1. The van der Waals surface area contributed by atoms with Crippen LogP contribution in [0.5, 0.6) is 0 Å². The topological polar surface area (TPSA) is 53.4 Å². The Balaban J connectivity index is 1.77. The van der Waals surface area contributed by atoms with Crippen LogP contribution in [0.3, 0.4) is 0 Å². The predicted molar refractivity (Wildman–Crippen MR) is 89.6 cm³/mol. The number of carbonyl (C=O) groups is 1. The molecule has 4 nitrogen and oxygen atoms in total. The summed E-state index contributed by atoms with van der Waals surface area (Å²) in [6.45, 7) is 3.31. The van der Waals surface area contributed by atoms with Crippen molar-refractivity contribution in [2.45, 2.75) is 44.6 Å². The van der Waals surface area contributed by atoms with Crippen LogP contribution in [0.1, 0.15) is 53.2 Å². The van der Waals surface area contributed by atoms with Gasteiger partial charge in [0.05, 0.1) is 17.2 Å². The van der Waals surface area contributed by atoms with Crippen molar-refractivity contribution in [3.63, 3.8) is 0 Å². The molecule has 1 saturated heterocycles. The van der Waals surface area contributed by atoms with E-state index in [-0.39, 0.29) is 12.0 Å². The molecule has 1 N–H and O–H groups in total. The summed E-state index contributed by atoms with van der Waals surface area (Å²) < 4.78 is 0. The van der Waals surface area contributed by atoms with E-state index in [0.29, 0.717) is 31.8 Å². The fourth-order valence-electron chi connectivity index (χ4n) is 3.36. The zero-order valence-electron chi connectivity index (χ0n) is 13.5. The number of aromatic nitrogens is 1. The second-order valence-corrected chi connectivity index (χ2v) is 6.91. The van der Waals surface area contributed by atoms with E-state index in [2.05, 4.69) is 12.1 Å². The SMILES string of the molecule is Cc1ccc2nc(C3CC3)cc(C(=O)N3CCC(O)CC3)c2c1. The van der Waals surface area contributed by atoms with Crippen LogP contribution in [-0.4, -0.2) is 40.1 Å². The van der Waals surface area contributed by atoms with Gasteiger partial charge in [0.15, 0.2) is 0 Å². The standard InChI is InChI=1S/C19H22N2O2/c1-12-2-5-17-15(10-12)16(11-18(20-17)13-3-4-13)19(23)21-8-6-14(22)7-9-21/h2,5,10-11,13-14,22H,3-4,6-9H2,1H3. The molecule has 23 heavy (non-hydrogen) atoms. The van der Waals surface area contributed by atoms with E-state index in [1.807, 2.05) is 24.0 Å². The number of likely N-dealkylation sites (tertiary alicyclic amines) is 1. The molecule has 0 atom stereocenters. The Hall–Kier alpha value is -1.94. The quantitative estimate of drug-likeness (QED) is 0.927. The third-order valence-corrected chi connectivity index (χ3v) is 4.96. The zero-order chi connectivity index (χ0) is 16.0. The Kier molecular flexibility index (Phi) is 3.57. The summed E-state index contributed by atoms with van der Waals surface area (Å²) in [6.07, 6.45) is 3.42. The maximum atomic E-state index is 13.0. The molecule has 120 valence electrons. The first kappa shape index (κ1) is 14.6. The molecule has 1 amide bonds. The highest BCUT2D eigenvalue weighted by Gasteiger charge is 2.29. The van der Waals surface area contributed by atoms with Crippen molar-refractivity contribution >= 4 is 16.8 Å². The highest BCUT2D eigenvalue weighted by Crippen LogP contribution is 2.40. The first-order chi connectivity index (χ1) is 11.1. The molecule has 0 radical (unpaired) electrons. The van der Waals surface area contributed by atoms with Crippen molar-refractivity contribution in [2.24, 2.45) is 0 Å². The average Bonchev–Trinajstić information content (AvgIpc) is 3.39. The Morgan fingerprint density at radius 2 is 1.91 bits per heavy atom. The number of amides is 1. The maximum Gasteiger partial charge on any atom is 0.254 e. The first-order valence-corrected chi connectivity index (χ1v) is 8.50. The van der Waals surface area contributed by atoms with Crippen LogP contribution in [0.4, 0.5) is 0 Å². The lowest BCUT2D eigenvalue weighted by molar-refractivity contribution is 0.0548. The number of piperidine rings is 1. The molecule has 4 heteroatoms. The van der Waals surface area contributed by atoms with Gasteiger partial charge in [0.25, 0.3) is 5.91 Å². The highest BCUT2D eigenvalue weighted by atomic mass is 16.3. The molecular formula is C19H22N2O2. The van der Waals surface area contributed by atoms with Gasteiger partial charge in [0.2, 0.25) is 0 Å². The van der Waals surface area contributed by atoms with Crippen LogP contribution < -0.4 is 0 Å². The van der Waals surface area contributed by atoms with Crippen molar-refractivity contribution in [1.82, 2.24) is 9.88 Å². The van der Waals surface area contributed by atoms with Crippen LogP contribution in [0, 0.1) is 6.92 Å². The van der Waals surface area contributed by atoms with Crippen LogP contribution in [0.25, 0.3) is 10.9 Å². The van der Waals surface area contributed by atoms with Crippen LogP contribution in [0.15, 0.2) is 24.3 Å². The van der Waals surface area contributed by atoms with Crippen molar-refractivity contribution < 1.29 is 9.90 Å². The molecule has 1 aliphatic carbocycles. The Morgan fingerprint density at radius 1 is 1.17 bits per heavy atom. The van der Waals surface area contributed by atoms with Gasteiger partial charge in [0.1, 0.15) is 0 Å². The van der Waals surface area contributed by atoms with Crippen LogP contribution >= 0.6 is 0 Å². The molecule has 1 saturated carbocycles. The summed E-state index contributed by atoms with van der Waals surface area (Å²) in [5.74, 6) is 0.604. The number of aliphatic hydroxyl groups excluding tert-OH is 1. The number of fused-ring (bicyclic) bond motifs is 1. The zero-order valence-corrected chi connectivity index (χ0v) is 13.5. The summed E-state index contributed by atoms with van der Waals surface area (Å²) in [4.78, 5) is 19.7. The molecule has 0 bridgehead atoms. The number of rotatable bonds is 2. The third kappa shape index (κ3) is 2.83. The fraction of sp³-hybridized carbons (Fsp3) is 0.474. The van der Waals surface area contributed by atoms with Gasteiger partial charge in [-0.3, -0.25) is 9.78 Å². The van der Waals surface area contributed by atoms with Crippen molar-refractivity contribution in [3.05, 3.63) is 41.1 Å². The summed E-state index contributed by atoms with van der Waals surface area (Å²) >= 11 is 0. The largest absolute Gasteiger partial charge is 0.393 e. The lowest BCUT2D eigenvalue weighted by Crippen LogP contribution is -2.40. The summed E-state index contributed by atoms with van der Waals surface area (Å²) in [5, 5.41) is 10.6. The van der Waals surface area contributed by atoms with Gasteiger partial charge in [-0.2, -0.15) is 0 Å². The third-order valence-electron chi connectivity index (χ3n) is 4.96. The van der Waals surface area contributed by atoms with E-state index in [1.54, 1.807) is 0 Å². The molecule has 2 heterocycles. The lowest BCUT2D eigenvalue weighted by atomic mass is 10.0. The lowest BCUT2D eigenvalue weighted by Gasteiger charge is -2.30. The Bertz CT molecular complexity index is 759. The van der Waals surface area contributed by atoms with Gasteiger partial charge >= 0.3 is 0 Å². The Labute approximate surface area is 136 Å². The van der Waals surface area contributed by atoms with Gasteiger partial charge in [-0.05, 0) is 50.8 Å². The molecule has 0 unspecified atom stereocenters. The second-order valence-electron chi connectivity index (χ2n) is 6.91. The van der Waals surface area contributed by atoms with E-state index < -0.39 is 0 Å². The number of aryl methyl sites for hydroxylation is 1. The number of carbonyl (C=O) groups excluding carboxylic acids is 1. The summed E-state index contributed by atoms with van der Waals surface area (Å²) in [5.41, 5.74) is 3.89. The van der Waals surface area contributed by atoms with Gasteiger partial charge in [-0.15, -0.1) is 0 Å². The molecule has 2 aromatic rings. The van der Waals surface area contributed by atoms with E-state index >= 15 is 0 Å². The molecule has 0 spiro atoms. The number of hydrogen-bond acceptors (Lipinski definition) is 3. The molecule has 1 aliphatic heterocycles. The smallest absolute Gasteiger partial charge is 0.254 e. The molecule has 4 rings (SSSR count). The summed E-state index contributed by atoms with van der Waals surface area (Å²) in [6, 6.07) is 8.14. The van der Waals surface area contributed by atoms with Crippen LogP contribution in [-0.2, 0) is 0 Å². The molecule has 2 fully saturated rings. The van der Waals surface area contributed by atoms with Crippen molar-refractivity contribution in [3.8, 4) is 0 Å². The van der Waals surface area contributed by atoms with Gasteiger partial charge in [-0.25, -0.2) is 0 Å². The minimum absolute atomic E-state index is 0.0804. The minimum atomic E-state index is -0.266. The number of aliphatic hydroxyl groups is 1. The molecule has 2 aliphatic rings. The molecule has 1 aromatic heterocycles. The fourth-order valence-corrected chi connectivity index (χ4v) is 3.36. The highest BCUT2D eigenvalue weighted by molar-refractivity contribution is 6.06. The maximum absolute atomic E-state index is 13.0. The molecular weight excluding hydrogens is 288 g/mol. The van der Waals surface area contributed by atoms with E-state index in [0.717, 1.165) is 27.7 Å². The monoisotopic (exact) mass is 310 g/mol. The normalized spacial score (nSPS) is 19.3. The average molecular weight is 310 g/mol. The first-order valence-electron chi connectivity index (χ1n) is 8.50. The van der Waals surface area contributed by atoms with E-state index in [1.165, 1.54) is 12.8 Å². The Morgan fingerprint density at radius 3 is 2.61 bits per heavy atom. The van der Waals surface area contributed by atoms with Crippen molar-refractivity contribution in [1.29, 1.82) is 0 Å². The van der Waals surface area contributed by atoms with Gasteiger partial charge in [0, 0.05) is 30.1 Å². The second kappa shape index (κ2) is 5.60. The number of hydrogen-bond donors (Lipinski definition) is 1. The van der Waals surface area contributed by atoms with Gasteiger partial charge in [-0.1, -0.05) is 11.6 Å². The predicted octanol–water partition coefficient (Wildman–Crippen LogP) is 3.02. The summed E-state index contributed by atoms with van der Waals surface area (Å²) in [7, 11) is 0. The van der Waals surface area contributed by atoms with Crippen LogP contribution in [0.2, 0.25) is 0 Å². The van der Waals surface area contributed by atoms with E-state index in [4.69, 9.17) is 4.98 Å². The number of nitrogens with zero attached hydrogens (tertiary/aromatic N) is 2. The minimum Gasteiger partial charge on any atom is -0.393 e. The molecule has 1 aromatic carbocycles. The van der Waals surface area contributed by atoms with Crippen molar-refractivity contribution in [2.75, 3.05) is 13.1 Å².